The monoisotopic (exact) mass is 440 g/mol. The first-order valence-electron chi connectivity index (χ1n) is 11.0. The van der Waals surface area contributed by atoms with Crippen molar-refractivity contribution in [3.8, 4) is 32.8 Å². The van der Waals surface area contributed by atoms with Crippen LogP contribution < -0.4 is 0 Å². The summed E-state index contributed by atoms with van der Waals surface area (Å²) in [6, 6.07) is 27.4. The number of hydrogen-bond acceptors (Lipinski definition) is 0. The molecule has 0 saturated carbocycles. The second-order valence-corrected chi connectivity index (χ2v) is 12.7. The minimum atomic E-state index is -0.280. The molecule has 4 rings (SSSR count). The fourth-order valence-corrected chi connectivity index (χ4v) is 9.75. The zero-order chi connectivity index (χ0) is 21.8. The van der Waals surface area contributed by atoms with Crippen LogP contribution in [0.15, 0.2) is 85.5 Å². The third-order valence-electron chi connectivity index (χ3n) is 5.72. The summed E-state index contributed by atoms with van der Waals surface area (Å²) in [5.74, 6) is 0. The van der Waals surface area contributed by atoms with Crippen molar-refractivity contribution in [1.29, 1.82) is 0 Å². The molecule has 1 unspecified atom stereocenters. The molecule has 0 aliphatic carbocycles. The van der Waals surface area contributed by atoms with Gasteiger partial charge in [0.25, 0.3) is 0 Å². The Kier molecular flexibility index (Phi) is 6.92. The Morgan fingerprint density at radius 1 is 0.710 bits per heavy atom. The lowest BCUT2D eigenvalue weighted by Gasteiger charge is -2.12. The molecule has 0 aliphatic rings. The lowest BCUT2D eigenvalue weighted by Crippen LogP contribution is -1.85. The van der Waals surface area contributed by atoms with Crippen LogP contribution in [-0.2, 0) is 6.16 Å². The summed E-state index contributed by atoms with van der Waals surface area (Å²) in [7, 11) is 1.20. The SMILES string of the molecule is C=CCCCp1pc(-c2ccc(C)cc2)c(-c2ccc(C)cc2)c1-c1ccc(C)cc1. The average molecular weight is 441 g/mol. The third kappa shape index (κ3) is 4.93. The van der Waals surface area contributed by atoms with E-state index in [0.29, 0.717) is 0 Å². The van der Waals surface area contributed by atoms with E-state index in [0.717, 1.165) is 6.42 Å². The fourth-order valence-electron chi connectivity index (χ4n) is 3.92. The molecular weight excluding hydrogens is 410 g/mol. The van der Waals surface area contributed by atoms with E-state index in [1.165, 1.54) is 64.7 Å². The predicted octanol–water partition coefficient (Wildman–Crippen LogP) is 10.1. The zero-order valence-electron chi connectivity index (χ0n) is 18.7. The van der Waals surface area contributed by atoms with Crippen LogP contribution in [-0.4, -0.2) is 0 Å². The molecular formula is C29H30P2. The average Bonchev–Trinajstić information content (AvgIpc) is 3.15. The van der Waals surface area contributed by atoms with Crippen molar-refractivity contribution < 1.29 is 0 Å². The highest BCUT2D eigenvalue weighted by molar-refractivity contribution is 8.03. The van der Waals surface area contributed by atoms with Gasteiger partial charge in [-0.25, -0.2) is 0 Å². The van der Waals surface area contributed by atoms with Crippen molar-refractivity contribution >= 4 is 15.1 Å². The van der Waals surface area contributed by atoms with Crippen LogP contribution in [0, 0.1) is 20.8 Å². The maximum absolute atomic E-state index is 3.94. The first kappa shape index (κ1) is 21.8. The standard InChI is InChI=1S/C29H30P2/c1-5-6-7-20-31-29(26-18-12-23(4)13-19-26)27(24-14-8-21(2)9-15-24)28(30-31)25-16-10-22(3)11-17-25/h5,8-19H,1,6-7,20H2,2-4H3. The van der Waals surface area contributed by atoms with Gasteiger partial charge in [-0.1, -0.05) is 103 Å². The van der Waals surface area contributed by atoms with E-state index >= 15 is 0 Å². The molecule has 0 radical (unpaired) electrons. The minimum Gasteiger partial charge on any atom is -0.103 e. The highest BCUT2D eigenvalue weighted by Crippen LogP contribution is 2.62. The van der Waals surface area contributed by atoms with Gasteiger partial charge < -0.3 is 0 Å². The van der Waals surface area contributed by atoms with E-state index in [1.54, 1.807) is 5.30 Å². The fraction of sp³-hybridized carbons (Fsp3) is 0.207. The molecule has 0 amide bonds. The minimum absolute atomic E-state index is 0.280. The van der Waals surface area contributed by atoms with Gasteiger partial charge in [-0.2, -0.15) is 0 Å². The van der Waals surface area contributed by atoms with E-state index in [2.05, 4.69) is 106 Å². The van der Waals surface area contributed by atoms with Crippen molar-refractivity contribution in [3.63, 3.8) is 0 Å². The summed E-state index contributed by atoms with van der Waals surface area (Å²) in [5.41, 5.74) is 9.49. The first-order valence-corrected chi connectivity index (χ1v) is 14.1. The highest BCUT2D eigenvalue weighted by Gasteiger charge is 2.21. The molecule has 0 aliphatic heterocycles. The summed E-state index contributed by atoms with van der Waals surface area (Å²) in [6.07, 6.45) is 5.61. The highest BCUT2D eigenvalue weighted by atomic mass is 31.9. The number of rotatable bonds is 7. The summed E-state index contributed by atoms with van der Waals surface area (Å²) in [4.78, 5) is 0. The van der Waals surface area contributed by atoms with E-state index in [1.807, 2.05) is 0 Å². The Hall–Kier alpha value is -2.39. The Bertz CT molecular complexity index is 1160. The second kappa shape index (κ2) is 9.82. The maximum Gasteiger partial charge on any atom is 0.0218 e. The number of allylic oxidation sites excluding steroid dienone is 1. The van der Waals surface area contributed by atoms with Crippen molar-refractivity contribution in [2.45, 2.75) is 39.8 Å². The van der Waals surface area contributed by atoms with E-state index in [-0.39, 0.29) is 7.21 Å². The largest absolute Gasteiger partial charge is 0.103 e. The lowest BCUT2D eigenvalue weighted by molar-refractivity contribution is 0.923. The van der Waals surface area contributed by atoms with Crippen LogP contribution in [0.3, 0.4) is 0 Å². The molecule has 4 aromatic rings. The molecule has 1 aromatic heterocycles. The van der Waals surface area contributed by atoms with Gasteiger partial charge in [-0.3, -0.25) is 0 Å². The molecule has 1 heterocycles. The molecule has 3 aromatic carbocycles. The van der Waals surface area contributed by atoms with Crippen LogP contribution in [0.5, 0.6) is 0 Å². The molecule has 0 saturated heterocycles. The molecule has 0 nitrogen and oxygen atoms in total. The van der Waals surface area contributed by atoms with Gasteiger partial charge in [-0.05, 0) is 64.3 Å². The number of unbranched alkanes of at least 4 members (excludes halogenated alkanes) is 1. The van der Waals surface area contributed by atoms with Gasteiger partial charge in [0.05, 0.1) is 0 Å². The van der Waals surface area contributed by atoms with Gasteiger partial charge in [0, 0.05) is 16.2 Å². The van der Waals surface area contributed by atoms with Gasteiger partial charge >= 0.3 is 0 Å². The smallest absolute Gasteiger partial charge is 0.0218 e. The Balaban J connectivity index is 1.98. The lowest BCUT2D eigenvalue weighted by atomic mass is 9.97. The van der Waals surface area contributed by atoms with Crippen molar-refractivity contribution in [1.82, 2.24) is 0 Å². The van der Waals surface area contributed by atoms with Crippen molar-refractivity contribution in [2.24, 2.45) is 0 Å². The molecule has 156 valence electrons. The molecule has 0 bridgehead atoms. The quantitative estimate of drug-likeness (QED) is 0.198. The maximum atomic E-state index is 3.94. The van der Waals surface area contributed by atoms with Gasteiger partial charge in [0.1, 0.15) is 0 Å². The molecule has 0 fully saturated rings. The number of aryl methyl sites for hydroxylation is 4. The molecule has 2 heteroatoms. The first-order chi connectivity index (χ1) is 15.1. The normalized spacial score (nSPS) is 11.8. The topological polar surface area (TPSA) is 0 Å². The molecule has 1 atom stereocenters. The van der Waals surface area contributed by atoms with E-state index < -0.39 is 0 Å². The zero-order valence-corrected chi connectivity index (χ0v) is 20.5. The Morgan fingerprint density at radius 2 is 1.19 bits per heavy atom. The van der Waals surface area contributed by atoms with Crippen LogP contribution in [0.4, 0.5) is 0 Å². The van der Waals surface area contributed by atoms with Gasteiger partial charge in [0.2, 0.25) is 0 Å². The van der Waals surface area contributed by atoms with Crippen LogP contribution >= 0.6 is 15.1 Å². The Labute approximate surface area is 189 Å². The summed E-state index contributed by atoms with van der Waals surface area (Å²) < 4.78 is 0. The predicted molar refractivity (Wildman–Crippen MR) is 142 cm³/mol. The van der Waals surface area contributed by atoms with Gasteiger partial charge in [0.15, 0.2) is 0 Å². The van der Waals surface area contributed by atoms with Crippen molar-refractivity contribution in [3.05, 3.63) is 102 Å². The summed E-state index contributed by atoms with van der Waals surface area (Å²) >= 11 is 0. The van der Waals surface area contributed by atoms with Crippen LogP contribution in [0.2, 0.25) is 0 Å². The summed E-state index contributed by atoms with van der Waals surface area (Å²) in [5, 5.41) is 3.06. The van der Waals surface area contributed by atoms with E-state index in [9.17, 15) is 0 Å². The van der Waals surface area contributed by atoms with Crippen molar-refractivity contribution in [2.75, 3.05) is 0 Å². The molecule has 0 spiro atoms. The van der Waals surface area contributed by atoms with Crippen LogP contribution in [0.1, 0.15) is 29.5 Å². The second-order valence-electron chi connectivity index (χ2n) is 8.32. The summed E-state index contributed by atoms with van der Waals surface area (Å²) in [6.45, 7) is 10.4. The molecule has 0 N–H and O–H groups in total. The number of benzene rings is 3. The van der Waals surface area contributed by atoms with E-state index in [4.69, 9.17) is 0 Å². The Morgan fingerprint density at radius 3 is 1.71 bits per heavy atom. The third-order valence-corrected chi connectivity index (χ3v) is 10.9. The molecule has 31 heavy (non-hydrogen) atoms. The number of hydrogen-bond donors (Lipinski definition) is 0. The van der Waals surface area contributed by atoms with Crippen LogP contribution in [0.25, 0.3) is 32.8 Å². The van der Waals surface area contributed by atoms with Gasteiger partial charge in [-0.15, -0.1) is 6.58 Å².